The van der Waals surface area contributed by atoms with Crippen molar-refractivity contribution in [3.63, 3.8) is 0 Å². The number of rotatable bonds is 46. The van der Waals surface area contributed by atoms with Crippen molar-refractivity contribution in [3.8, 4) is 23.0 Å². The van der Waals surface area contributed by atoms with Gasteiger partial charge in [0.05, 0.1) is 37.6 Å². The standard InChI is InChI=1S/C62H87F3O10/c1-3-56(66)72-47-35-31-27-23-19-15-11-7-5-9-13-17-21-25-29-33-45-70-52-41-37-50(38-42-52)61(68)74-55-49-54(63)60(59(65)58(55)64)75-62(69)51-39-43-53(44-40-51)71-46-34-30-26-22-18-14-10-6-8-12-16-20-24-28-32-36-48-73-57(67)4-2/h3-4,37-44,49H,1-2,5-36,45-48H2. The van der Waals surface area contributed by atoms with Crippen LogP contribution in [0.5, 0.6) is 23.0 Å². The molecule has 416 valence electrons. The van der Waals surface area contributed by atoms with Crippen molar-refractivity contribution in [3.05, 3.63) is 108 Å². The van der Waals surface area contributed by atoms with Gasteiger partial charge in [-0.25, -0.2) is 23.6 Å². The molecule has 0 saturated heterocycles. The number of hydrogen-bond donors (Lipinski definition) is 0. The zero-order valence-corrected chi connectivity index (χ0v) is 44.9. The molecule has 3 aromatic carbocycles. The van der Waals surface area contributed by atoms with E-state index in [-0.39, 0.29) is 23.1 Å². The summed E-state index contributed by atoms with van der Waals surface area (Å²) in [6.45, 7) is 8.78. The average Bonchev–Trinajstić information content (AvgIpc) is 3.42. The van der Waals surface area contributed by atoms with Gasteiger partial charge < -0.3 is 28.4 Å². The SMILES string of the molecule is C=CC(=O)OCCCCCCCCCCCCCCCCCCOc1ccc(C(=O)Oc2cc(F)c(OC(=O)c3ccc(OCCCCCCCCCCCCCCCCCCOC(=O)C=C)cc3)c(F)c2F)cc1. The quantitative estimate of drug-likeness (QED) is 0.0178. The molecule has 0 bridgehead atoms. The van der Waals surface area contributed by atoms with Crippen LogP contribution in [0.25, 0.3) is 0 Å². The van der Waals surface area contributed by atoms with Crippen molar-refractivity contribution in [2.45, 2.75) is 205 Å². The first-order valence-electron chi connectivity index (χ1n) is 28.3. The normalized spacial score (nSPS) is 11.0. The predicted octanol–water partition coefficient (Wildman–Crippen LogP) is 17.2. The van der Waals surface area contributed by atoms with Crippen LogP contribution >= 0.6 is 0 Å². The van der Waals surface area contributed by atoms with Gasteiger partial charge in [-0.2, -0.15) is 8.78 Å². The highest BCUT2D eigenvalue weighted by atomic mass is 19.2. The van der Waals surface area contributed by atoms with E-state index in [0.717, 1.165) is 64.2 Å². The zero-order valence-electron chi connectivity index (χ0n) is 44.9. The van der Waals surface area contributed by atoms with Gasteiger partial charge in [-0.15, -0.1) is 0 Å². The minimum Gasteiger partial charge on any atom is -0.494 e. The number of hydrogen-bond acceptors (Lipinski definition) is 10. The lowest BCUT2D eigenvalue weighted by Gasteiger charge is -2.12. The van der Waals surface area contributed by atoms with Gasteiger partial charge in [-0.3, -0.25) is 0 Å². The minimum atomic E-state index is -1.81. The van der Waals surface area contributed by atoms with Crippen LogP contribution in [-0.2, 0) is 19.1 Å². The molecule has 3 rings (SSSR count). The van der Waals surface area contributed by atoms with Crippen molar-refractivity contribution in [1.82, 2.24) is 0 Å². The molecule has 0 spiro atoms. The second kappa shape index (κ2) is 41.6. The lowest BCUT2D eigenvalue weighted by Crippen LogP contribution is -2.14. The molecule has 13 heteroatoms. The van der Waals surface area contributed by atoms with E-state index in [9.17, 15) is 19.2 Å². The number of esters is 4. The van der Waals surface area contributed by atoms with Crippen LogP contribution in [0.4, 0.5) is 13.2 Å². The van der Waals surface area contributed by atoms with Crippen molar-refractivity contribution in [2.24, 2.45) is 0 Å². The maximum Gasteiger partial charge on any atom is 0.343 e. The highest BCUT2D eigenvalue weighted by Gasteiger charge is 2.26. The molecule has 10 nitrogen and oxygen atoms in total. The third-order valence-corrected chi connectivity index (χ3v) is 13.1. The maximum atomic E-state index is 15.0. The third kappa shape index (κ3) is 29.9. The molecule has 75 heavy (non-hydrogen) atoms. The van der Waals surface area contributed by atoms with Crippen LogP contribution in [0.1, 0.15) is 226 Å². The molecule has 0 N–H and O–H groups in total. The Bertz CT molecular complexity index is 2060. The highest BCUT2D eigenvalue weighted by Crippen LogP contribution is 2.32. The Morgan fingerprint density at radius 3 is 0.960 bits per heavy atom. The van der Waals surface area contributed by atoms with E-state index in [0.29, 0.717) is 44.0 Å². The van der Waals surface area contributed by atoms with Gasteiger partial charge in [0.1, 0.15) is 11.5 Å². The monoisotopic (exact) mass is 1050 g/mol. The molecule has 0 amide bonds. The Kier molecular flexibility index (Phi) is 35.4. The highest BCUT2D eigenvalue weighted by molar-refractivity contribution is 5.92. The second-order valence-corrected chi connectivity index (χ2v) is 19.4. The van der Waals surface area contributed by atoms with Crippen LogP contribution in [0, 0.1) is 17.5 Å². The van der Waals surface area contributed by atoms with Gasteiger partial charge in [0.15, 0.2) is 11.6 Å². The summed E-state index contributed by atoms with van der Waals surface area (Å²) in [7, 11) is 0. The van der Waals surface area contributed by atoms with E-state index in [4.69, 9.17) is 28.4 Å². The Morgan fingerprint density at radius 2 is 0.653 bits per heavy atom. The summed E-state index contributed by atoms with van der Waals surface area (Å²) < 4.78 is 76.6. The Balaban J connectivity index is 1.18. The van der Waals surface area contributed by atoms with E-state index in [2.05, 4.69) is 13.2 Å². The topological polar surface area (TPSA) is 124 Å². The zero-order chi connectivity index (χ0) is 54.0. The van der Waals surface area contributed by atoms with Gasteiger partial charge in [-0.1, -0.05) is 193 Å². The molecule has 0 aliphatic heterocycles. The first-order chi connectivity index (χ1) is 36.6. The molecule has 0 saturated carbocycles. The van der Waals surface area contributed by atoms with E-state index < -0.39 is 40.9 Å². The number of carbonyl (C=O) groups is 4. The molecule has 3 aromatic rings. The second-order valence-electron chi connectivity index (χ2n) is 19.4. The summed E-state index contributed by atoms with van der Waals surface area (Å²) in [5, 5.41) is 0. The lowest BCUT2D eigenvalue weighted by atomic mass is 10.0. The lowest BCUT2D eigenvalue weighted by molar-refractivity contribution is -0.138. The van der Waals surface area contributed by atoms with Crippen LogP contribution in [0.2, 0.25) is 0 Å². The van der Waals surface area contributed by atoms with Crippen LogP contribution in [0.15, 0.2) is 79.9 Å². The largest absolute Gasteiger partial charge is 0.494 e. The third-order valence-electron chi connectivity index (χ3n) is 13.1. The summed E-state index contributed by atoms with van der Waals surface area (Å²) in [6, 6.07) is 12.3. The van der Waals surface area contributed by atoms with Crippen LogP contribution in [0.3, 0.4) is 0 Å². The molecular formula is C62H87F3O10. The molecule has 0 unspecified atom stereocenters. The van der Waals surface area contributed by atoms with Gasteiger partial charge in [-0.05, 0) is 74.2 Å². The molecular weight excluding hydrogens is 962 g/mol. The number of benzene rings is 3. The Hall–Kier alpha value is -5.59. The van der Waals surface area contributed by atoms with Crippen molar-refractivity contribution in [2.75, 3.05) is 26.4 Å². The number of halogens is 3. The summed E-state index contributed by atoms with van der Waals surface area (Å²) in [4.78, 5) is 47.6. The Morgan fingerprint density at radius 1 is 0.373 bits per heavy atom. The Labute approximate surface area is 446 Å². The van der Waals surface area contributed by atoms with Crippen LogP contribution < -0.4 is 18.9 Å². The molecule has 0 radical (unpaired) electrons. The summed E-state index contributed by atoms with van der Waals surface area (Å²) in [5.41, 5.74) is -0.0110. The molecule has 0 heterocycles. The summed E-state index contributed by atoms with van der Waals surface area (Å²) in [5.74, 6) is -8.94. The molecule has 0 aliphatic rings. The van der Waals surface area contributed by atoms with E-state index in [1.54, 1.807) is 24.3 Å². The molecule has 0 atom stereocenters. The molecule has 0 fully saturated rings. The smallest absolute Gasteiger partial charge is 0.343 e. The van der Waals surface area contributed by atoms with Gasteiger partial charge in [0.2, 0.25) is 17.4 Å². The van der Waals surface area contributed by atoms with Crippen molar-refractivity contribution < 1.29 is 60.8 Å². The van der Waals surface area contributed by atoms with E-state index in [1.807, 2.05) is 0 Å². The minimum absolute atomic E-state index is 0.0158. The fourth-order valence-electron chi connectivity index (χ4n) is 8.61. The molecule has 0 aromatic heterocycles. The molecule has 0 aliphatic carbocycles. The number of ether oxygens (including phenoxy) is 6. The van der Waals surface area contributed by atoms with Gasteiger partial charge in [0.25, 0.3) is 0 Å². The number of unbranched alkanes of at least 4 members (excludes halogenated alkanes) is 30. The van der Waals surface area contributed by atoms with E-state index in [1.165, 1.54) is 178 Å². The van der Waals surface area contributed by atoms with Crippen molar-refractivity contribution >= 4 is 23.9 Å². The van der Waals surface area contributed by atoms with E-state index >= 15 is 13.2 Å². The first-order valence-corrected chi connectivity index (χ1v) is 28.3. The predicted molar refractivity (Wildman–Crippen MR) is 290 cm³/mol. The van der Waals surface area contributed by atoms with Gasteiger partial charge in [0, 0.05) is 18.2 Å². The summed E-state index contributed by atoms with van der Waals surface area (Å²) >= 11 is 0. The maximum absolute atomic E-state index is 15.0. The number of carbonyl (C=O) groups excluding carboxylic acids is 4. The average molecular weight is 1050 g/mol. The van der Waals surface area contributed by atoms with Gasteiger partial charge >= 0.3 is 23.9 Å². The fraction of sp³-hybridized carbons (Fsp3) is 0.581. The summed E-state index contributed by atoms with van der Waals surface area (Å²) in [6.07, 6.45) is 40.3. The fourth-order valence-corrected chi connectivity index (χ4v) is 8.61. The van der Waals surface area contributed by atoms with Crippen LogP contribution in [-0.4, -0.2) is 50.3 Å². The first kappa shape index (κ1) is 63.7. The van der Waals surface area contributed by atoms with Crippen molar-refractivity contribution in [1.29, 1.82) is 0 Å².